The van der Waals surface area contributed by atoms with Crippen molar-refractivity contribution >= 4 is 27.5 Å². The summed E-state index contributed by atoms with van der Waals surface area (Å²) in [7, 11) is 0. The molecule has 4 heteroatoms. The number of nitrogens with two attached hydrogens (primary N) is 1. The lowest BCUT2D eigenvalue weighted by Gasteiger charge is -2.06. The fourth-order valence-corrected chi connectivity index (χ4v) is 2.11. The molecule has 1 rings (SSSR count). The van der Waals surface area contributed by atoms with Gasteiger partial charge in [-0.3, -0.25) is 0 Å². The van der Waals surface area contributed by atoms with Gasteiger partial charge >= 0.3 is 0 Å². The van der Waals surface area contributed by atoms with E-state index in [0.717, 1.165) is 42.0 Å². The van der Waals surface area contributed by atoms with Gasteiger partial charge in [-0.15, -0.1) is 0 Å². The first-order valence-electron chi connectivity index (χ1n) is 5.08. The highest BCUT2D eigenvalue weighted by Gasteiger charge is 1.99. The molecule has 0 heterocycles. The molecule has 0 saturated carbocycles. The van der Waals surface area contributed by atoms with Gasteiger partial charge in [-0.25, -0.2) is 0 Å². The fraction of sp³-hybridized carbons (Fsp3) is 0.455. The van der Waals surface area contributed by atoms with E-state index in [2.05, 4.69) is 21.2 Å². The number of rotatable bonds is 6. The van der Waals surface area contributed by atoms with Crippen molar-refractivity contribution in [2.24, 2.45) is 5.73 Å². The van der Waals surface area contributed by atoms with Gasteiger partial charge < -0.3 is 11.1 Å². The van der Waals surface area contributed by atoms with Crippen molar-refractivity contribution in [2.45, 2.75) is 19.4 Å². The molecule has 0 fully saturated rings. The lowest BCUT2D eigenvalue weighted by atomic mass is 10.2. The van der Waals surface area contributed by atoms with Crippen LogP contribution in [0.25, 0.3) is 0 Å². The van der Waals surface area contributed by atoms with Crippen LogP contribution in [0.4, 0.5) is 0 Å². The van der Waals surface area contributed by atoms with Crippen LogP contribution in [-0.4, -0.2) is 13.1 Å². The molecule has 0 unspecified atom stereocenters. The molecule has 0 aromatic heterocycles. The van der Waals surface area contributed by atoms with Crippen molar-refractivity contribution in [3.63, 3.8) is 0 Å². The van der Waals surface area contributed by atoms with E-state index in [1.807, 2.05) is 18.2 Å². The van der Waals surface area contributed by atoms with Gasteiger partial charge in [0.15, 0.2) is 0 Å². The van der Waals surface area contributed by atoms with Crippen molar-refractivity contribution in [1.82, 2.24) is 5.32 Å². The minimum absolute atomic E-state index is 0.758. The normalized spacial score (nSPS) is 10.6. The number of benzene rings is 1. The molecule has 0 saturated heterocycles. The third-order valence-corrected chi connectivity index (χ3v) is 3.11. The summed E-state index contributed by atoms with van der Waals surface area (Å²) in [5.41, 5.74) is 6.64. The van der Waals surface area contributed by atoms with Crippen LogP contribution in [0.15, 0.2) is 22.7 Å². The molecule has 15 heavy (non-hydrogen) atoms. The predicted octanol–water partition coefficient (Wildman–Crippen LogP) is 2.93. The van der Waals surface area contributed by atoms with E-state index in [9.17, 15) is 0 Å². The Balaban J connectivity index is 2.31. The second-order valence-electron chi connectivity index (χ2n) is 3.41. The van der Waals surface area contributed by atoms with Crippen LogP contribution in [0.1, 0.15) is 18.4 Å². The zero-order chi connectivity index (χ0) is 11.1. The Morgan fingerprint density at radius 3 is 2.80 bits per heavy atom. The zero-order valence-corrected chi connectivity index (χ0v) is 10.9. The maximum Gasteiger partial charge on any atom is 0.0417 e. The Labute approximate surface area is 104 Å². The number of hydrogen-bond acceptors (Lipinski definition) is 2. The molecule has 0 aliphatic rings. The molecule has 1 aromatic rings. The van der Waals surface area contributed by atoms with E-state index in [-0.39, 0.29) is 0 Å². The third-order valence-electron chi connectivity index (χ3n) is 2.14. The third kappa shape index (κ3) is 4.98. The van der Waals surface area contributed by atoms with Crippen LogP contribution in [0.5, 0.6) is 0 Å². The van der Waals surface area contributed by atoms with Gasteiger partial charge in [0.05, 0.1) is 0 Å². The summed E-state index contributed by atoms with van der Waals surface area (Å²) in [6, 6.07) is 5.85. The quantitative estimate of drug-likeness (QED) is 0.791. The van der Waals surface area contributed by atoms with E-state index in [0.29, 0.717) is 0 Å². The Bertz CT molecular complexity index is 305. The molecule has 0 aliphatic carbocycles. The summed E-state index contributed by atoms with van der Waals surface area (Å²) in [6.45, 7) is 2.64. The van der Waals surface area contributed by atoms with Crippen molar-refractivity contribution in [3.05, 3.63) is 33.3 Å². The number of hydrogen-bond donors (Lipinski definition) is 2. The van der Waals surface area contributed by atoms with Crippen molar-refractivity contribution in [2.75, 3.05) is 13.1 Å². The van der Waals surface area contributed by atoms with E-state index >= 15 is 0 Å². The Morgan fingerprint density at radius 1 is 1.33 bits per heavy atom. The van der Waals surface area contributed by atoms with E-state index in [1.165, 1.54) is 5.56 Å². The first-order chi connectivity index (χ1) is 7.24. The molecule has 84 valence electrons. The van der Waals surface area contributed by atoms with Crippen LogP contribution >= 0.6 is 27.5 Å². The van der Waals surface area contributed by atoms with Crippen LogP contribution in [0, 0.1) is 0 Å². The summed E-state index contributed by atoms with van der Waals surface area (Å²) in [4.78, 5) is 0. The van der Waals surface area contributed by atoms with Crippen LogP contribution in [-0.2, 0) is 6.54 Å². The van der Waals surface area contributed by atoms with Gasteiger partial charge in [0, 0.05) is 16.0 Å². The number of nitrogens with one attached hydrogen (secondary N) is 1. The van der Waals surface area contributed by atoms with E-state index < -0.39 is 0 Å². The highest BCUT2D eigenvalue weighted by atomic mass is 79.9. The summed E-state index contributed by atoms with van der Waals surface area (Å²) in [6.07, 6.45) is 2.20. The first-order valence-corrected chi connectivity index (χ1v) is 6.26. The average Bonchev–Trinajstić information content (AvgIpc) is 2.20. The molecule has 0 radical (unpaired) electrons. The van der Waals surface area contributed by atoms with Gasteiger partial charge in [-0.05, 0) is 43.6 Å². The summed E-state index contributed by atoms with van der Waals surface area (Å²) in [5.74, 6) is 0. The molecular weight excluding hydrogens is 275 g/mol. The molecule has 3 N–H and O–H groups in total. The lowest BCUT2D eigenvalue weighted by molar-refractivity contribution is 0.626. The number of unbranched alkanes of at least 4 members (excludes halogenated alkanes) is 1. The largest absolute Gasteiger partial charge is 0.330 e. The van der Waals surface area contributed by atoms with Crippen molar-refractivity contribution in [3.8, 4) is 0 Å². The predicted molar refractivity (Wildman–Crippen MR) is 69.1 cm³/mol. The topological polar surface area (TPSA) is 38.0 Å². The zero-order valence-electron chi connectivity index (χ0n) is 8.60. The van der Waals surface area contributed by atoms with Gasteiger partial charge in [0.25, 0.3) is 0 Å². The Kier molecular flexibility index (Phi) is 6.25. The molecule has 1 aromatic carbocycles. The minimum Gasteiger partial charge on any atom is -0.330 e. The molecular formula is C11H16BrClN2. The smallest absolute Gasteiger partial charge is 0.0417 e. The standard InChI is InChI=1S/C11H16BrClN2/c12-11-7-10(13)4-3-9(11)8-15-6-2-1-5-14/h3-4,7,15H,1-2,5-6,8,14H2. The second-order valence-corrected chi connectivity index (χ2v) is 4.70. The highest BCUT2D eigenvalue weighted by Crippen LogP contribution is 2.21. The van der Waals surface area contributed by atoms with Crippen LogP contribution < -0.4 is 11.1 Å². The van der Waals surface area contributed by atoms with Crippen molar-refractivity contribution in [1.29, 1.82) is 0 Å². The minimum atomic E-state index is 0.758. The highest BCUT2D eigenvalue weighted by molar-refractivity contribution is 9.10. The monoisotopic (exact) mass is 290 g/mol. The lowest BCUT2D eigenvalue weighted by Crippen LogP contribution is -2.16. The number of halogens is 2. The summed E-state index contributed by atoms with van der Waals surface area (Å²) >= 11 is 9.34. The van der Waals surface area contributed by atoms with Gasteiger partial charge in [-0.1, -0.05) is 33.6 Å². The maximum atomic E-state index is 5.86. The van der Waals surface area contributed by atoms with E-state index in [4.69, 9.17) is 17.3 Å². The van der Waals surface area contributed by atoms with Gasteiger partial charge in [0.2, 0.25) is 0 Å². The molecule has 2 nitrogen and oxygen atoms in total. The van der Waals surface area contributed by atoms with Crippen LogP contribution in [0.3, 0.4) is 0 Å². The summed E-state index contributed by atoms with van der Waals surface area (Å²) < 4.78 is 1.06. The average molecular weight is 292 g/mol. The Morgan fingerprint density at radius 2 is 2.13 bits per heavy atom. The van der Waals surface area contributed by atoms with E-state index in [1.54, 1.807) is 0 Å². The molecule has 0 spiro atoms. The molecule has 0 bridgehead atoms. The molecule has 0 atom stereocenters. The SMILES string of the molecule is NCCCCNCc1ccc(Cl)cc1Br. The van der Waals surface area contributed by atoms with Gasteiger partial charge in [-0.2, -0.15) is 0 Å². The first kappa shape index (κ1) is 13.0. The summed E-state index contributed by atoms with van der Waals surface area (Å²) in [5, 5.41) is 4.13. The van der Waals surface area contributed by atoms with Gasteiger partial charge in [0.1, 0.15) is 0 Å². The molecule has 0 aliphatic heterocycles. The molecule has 0 amide bonds. The maximum absolute atomic E-state index is 5.86. The second kappa shape index (κ2) is 7.23. The fourth-order valence-electron chi connectivity index (χ4n) is 1.28. The Hall–Kier alpha value is -0.0900. The van der Waals surface area contributed by atoms with Crippen LogP contribution in [0.2, 0.25) is 5.02 Å². The van der Waals surface area contributed by atoms with Crippen molar-refractivity contribution < 1.29 is 0 Å².